The van der Waals surface area contributed by atoms with Crippen LogP contribution in [0.3, 0.4) is 0 Å². The number of sulfone groups is 1. The van der Waals surface area contributed by atoms with Crippen molar-refractivity contribution in [1.82, 2.24) is 10.3 Å². The number of nitrogens with one attached hydrogen (secondary N) is 1. The normalized spacial score (nSPS) is 19.6. The number of pyridine rings is 1. The number of hydrogen-bond donors (Lipinski definition) is 1. The molecule has 5 rings (SSSR count). The molecule has 3 aromatic rings. The molecule has 0 amide bonds. The van der Waals surface area contributed by atoms with Crippen LogP contribution >= 0.6 is 11.6 Å². The maximum absolute atomic E-state index is 11.8. The molecule has 1 aromatic heterocycles. The van der Waals surface area contributed by atoms with Gasteiger partial charge in [-0.1, -0.05) is 29.8 Å². The first-order valence-corrected chi connectivity index (χ1v) is 12.9. The number of aromatic nitrogens is 1. The maximum atomic E-state index is 11.8. The molecule has 1 fully saturated rings. The standard InChI is InChI=1S/C24H25ClN2O3S/c25-22-7-2-1-4-18(22)14-30-24-20(13-26-21-8-9-31(28,29)15-21)11-19-10-16-5-3-6-17(16)12-23(19)27-24/h1-2,4,7,10-12,21,26H,3,5-6,8-9,13-15H2/t21-/m1/s1. The minimum absolute atomic E-state index is 0.0304. The lowest BCUT2D eigenvalue weighted by Gasteiger charge is -2.16. The Balaban J connectivity index is 1.44. The largest absolute Gasteiger partial charge is 0.472 e. The quantitative estimate of drug-likeness (QED) is 0.601. The van der Waals surface area contributed by atoms with Gasteiger partial charge in [-0.2, -0.15) is 0 Å². The van der Waals surface area contributed by atoms with Crippen LogP contribution in [0.2, 0.25) is 5.02 Å². The van der Waals surface area contributed by atoms with E-state index in [-0.39, 0.29) is 17.5 Å². The zero-order valence-electron chi connectivity index (χ0n) is 17.2. The van der Waals surface area contributed by atoms with Gasteiger partial charge < -0.3 is 10.1 Å². The molecule has 1 saturated heterocycles. The highest BCUT2D eigenvalue weighted by Gasteiger charge is 2.27. The van der Waals surface area contributed by atoms with Gasteiger partial charge in [0.05, 0.1) is 17.0 Å². The number of rotatable bonds is 6. The van der Waals surface area contributed by atoms with E-state index in [1.807, 2.05) is 24.3 Å². The molecule has 31 heavy (non-hydrogen) atoms. The average Bonchev–Trinajstić information content (AvgIpc) is 3.34. The fraction of sp³-hybridized carbons (Fsp3) is 0.375. The molecule has 2 heterocycles. The number of halogens is 1. The lowest BCUT2D eigenvalue weighted by atomic mass is 10.0. The van der Waals surface area contributed by atoms with Crippen LogP contribution in [0.4, 0.5) is 0 Å². The Labute approximate surface area is 187 Å². The minimum Gasteiger partial charge on any atom is -0.472 e. The molecular weight excluding hydrogens is 432 g/mol. The summed E-state index contributed by atoms with van der Waals surface area (Å²) in [5, 5.41) is 5.16. The Morgan fingerprint density at radius 2 is 1.90 bits per heavy atom. The summed E-state index contributed by atoms with van der Waals surface area (Å²) in [6.45, 7) is 0.839. The van der Waals surface area contributed by atoms with Gasteiger partial charge in [-0.25, -0.2) is 13.4 Å². The molecule has 5 nitrogen and oxygen atoms in total. The summed E-state index contributed by atoms with van der Waals surface area (Å²) >= 11 is 6.29. The monoisotopic (exact) mass is 456 g/mol. The van der Waals surface area contributed by atoms with Crippen LogP contribution in [0.25, 0.3) is 10.9 Å². The number of fused-ring (bicyclic) bond motifs is 2. The molecule has 1 aliphatic heterocycles. The number of ether oxygens (including phenoxy) is 1. The number of benzene rings is 2. The van der Waals surface area contributed by atoms with Crippen molar-refractivity contribution in [2.45, 2.75) is 44.9 Å². The average molecular weight is 457 g/mol. The van der Waals surface area contributed by atoms with Gasteiger partial charge in [0, 0.05) is 34.1 Å². The molecule has 0 unspecified atom stereocenters. The van der Waals surface area contributed by atoms with Gasteiger partial charge in [0.15, 0.2) is 9.84 Å². The van der Waals surface area contributed by atoms with E-state index in [2.05, 4.69) is 23.5 Å². The third-order valence-corrected chi connectivity index (χ3v) is 8.34. The molecule has 0 saturated carbocycles. The van der Waals surface area contributed by atoms with E-state index < -0.39 is 9.84 Å². The minimum atomic E-state index is -2.93. The van der Waals surface area contributed by atoms with Crippen molar-refractivity contribution >= 4 is 32.3 Å². The van der Waals surface area contributed by atoms with Crippen LogP contribution in [-0.4, -0.2) is 30.9 Å². The van der Waals surface area contributed by atoms with Gasteiger partial charge in [-0.15, -0.1) is 0 Å². The van der Waals surface area contributed by atoms with Crippen LogP contribution in [0.5, 0.6) is 5.88 Å². The van der Waals surface area contributed by atoms with Crippen LogP contribution < -0.4 is 10.1 Å². The van der Waals surface area contributed by atoms with Crippen molar-refractivity contribution in [1.29, 1.82) is 0 Å². The van der Waals surface area contributed by atoms with Crippen molar-refractivity contribution in [3.05, 3.63) is 69.7 Å². The Hall–Kier alpha value is -2.15. The SMILES string of the molecule is O=S1(=O)CC[C@@H](NCc2cc3cc4c(cc3nc2OCc2ccccc2Cl)CCC4)C1. The fourth-order valence-electron chi connectivity index (χ4n) is 4.50. The van der Waals surface area contributed by atoms with E-state index in [0.717, 1.165) is 34.9 Å². The molecule has 1 atom stereocenters. The van der Waals surface area contributed by atoms with Crippen LogP contribution in [0.1, 0.15) is 35.1 Å². The van der Waals surface area contributed by atoms with Gasteiger partial charge in [0.25, 0.3) is 0 Å². The highest BCUT2D eigenvalue weighted by Crippen LogP contribution is 2.30. The molecule has 0 spiro atoms. The molecule has 1 N–H and O–H groups in total. The third-order valence-electron chi connectivity index (χ3n) is 6.20. The van der Waals surface area contributed by atoms with Crippen molar-refractivity contribution in [3.63, 3.8) is 0 Å². The number of nitrogens with zero attached hydrogens (tertiary/aromatic N) is 1. The second-order valence-corrected chi connectivity index (χ2v) is 11.1. The highest BCUT2D eigenvalue weighted by atomic mass is 35.5. The van der Waals surface area contributed by atoms with E-state index in [4.69, 9.17) is 21.3 Å². The summed E-state index contributed by atoms with van der Waals surface area (Å²) in [6, 6.07) is 14.1. The zero-order chi connectivity index (χ0) is 21.4. The van der Waals surface area contributed by atoms with Gasteiger partial charge in [0.2, 0.25) is 5.88 Å². The first-order chi connectivity index (χ1) is 15.0. The van der Waals surface area contributed by atoms with Crippen molar-refractivity contribution < 1.29 is 13.2 Å². The number of hydrogen-bond acceptors (Lipinski definition) is 5. The Bertz CT molecular complexity index is 1240. The molecule has 0 bridgehead atoms. The van der Waals surface area contributed by atoms with Gasteiger partial charge in [-0.05, 0) is 61.1 Å². The molecule has 162 valence electrons. The first-order valence-electron chi connectivity index (χ1n) is 10.7. The van der Waals surface area contributed by atoms with E-state index in [1.165, 1.54) is 17.5 Å². The van der Waals surface area contributed by atoms with Gasteiger partial charge in [-0.3, -0.25) is 0 Å². The molecule has 0 radical (unpaired) electrons. The Morgan fingerprint density at radius 1 is 1.10 bits per heavy atom. The van der Waals surface area contributed by atoms with Gasteiger partial charge >= 0.3 is 0 Å². The zero-order valence-corrected chi connectivity index (χ0v) is 18.8. The van der Waals surface area contributed by atoms with Crippen LogP contribution in [0.15, 0.2) is 42.5 Å². The summed E-state index contributed by atoms with van der Waals surface area (Å²) in [4.78, 5) is 4.85. The topological polar surface area (TPSA) is 68.3 Å². The van der Waals surface area contributed by atoms with Gasteiger partial charge in [0.1, 0.15) is 6.61 Å². The molecule has 2 aliphatic rings. The Kier molecular flexibility index (Phi) is 5.63. The second kappa shape index (κ2) is 8.41. The van der Waals surface area contributed by atoms with Crippen LogP contribution in [0, 0.1) is 0 Å². The van der Waals surface area contributed by atoms with E-state index >= 15 is 0 Å². The predicted octanol–water partition coefficient (Wildman–Crippen LogP) is 4.23. The molecule has 7 heteroatoms. The van der Waals surface area contributed by atoms with E-state index in [9.17, 15) is 8.42 Å². The van der Waals surface area contributed by atoms with E-state index in [1.54, 1.807) is 0 Å². The van der Waals surface area contributed by atoms with Crippen molar-refractivity contribution in [2.24, 2.45) is 0 Å². The van der Waals surface area contributed by atoms with Crippen LogP contribution in [-0.2, 0) is 35.8 Å². The summed E-state index contributed by atoms with van der Waals surface area (Å²) in [7, 11) is -2.93. The summed E-state index contributed by atoms with van der Waals surface area (Å²) < 4.78 is 29.7. The number of aryl methyl sites for hydroxylation is 2. The maximum Gasteiger partial charge on any atom is 0.218 e. The highest BCUT2D eigenvalue weighted by molar-refractivity contribution is 7.91. The fourth-order valence-corrected chi connectivity index (χ4v) is 6.39. The Morgan fingerprint density at radius 3 is 2.68 bits per heavy atom. The van der Waals surface area contributed by atoms with Crippen molar-refractivity contribution in [3.8, 4) is 5.88 Å². The summed E-state index contributed by atoms with van der Waals surface area (Å²) in [6.07, 6.45) is 4.05. The third kappa shape index (κ3) is 4.56. The second-order valence-electron chi connectivity index (χ2n) is 8.48. The molecule has 1 aliphatic carbocycles. The van der Waals surface area contributed by atoms with E-state index in [0.29, 0.717) is 30.5 Å². The smallest absolute Gasteiger partial charge is 0.218 e. The lowest BCUT2D eigenvalue weighted by Crippen LogP contribution is -2.29. The molecular formula is C24H25ClN2O3S. The first kappa shape index (κ1) is 20.7. The predicted molar refractivity (Wildman–Crippen MR) is 123 cm³/mol. The summed E-state index contributed by atoms with van der Waals surface area (Å²) in [5.74, 6) is 1.01. The lowest BCUT2D eigenvalue weighted by molar-refractivity contribution is 0.290. The molecule has 2 aromatic carbocycles. The van der Waals surface area contributed by atoms with Crippen molar-refractivity contribution in [2.75, 3.05) is 11.5 Å². The summed E-state index contributed by atoms with van der Waals surface area (Å²) in [5.41, 5.74) is 5.54.